The van der Waals surface area contributed by atoms with Gasteiger partial charge in [-0.1, -0.05) is 25.8 Å². The number of unbranched alkanes of at least 4 members (excludes halogenated alkanes) is 2. The van der Waals surface area contributed by atoms with E-state index in [9.17, 15) is 19.8 Å². The van der Waals surface area contributed by atoms with Gasteiger partial charge < -0.3 is 29.7 Å². The van der Waals surface area contributed by atoms with E-state index in [0.717, 1.165) is 24.8 Å². The zero-order valence-electron chi connectivity index (χ0n) is 21.5. The van der Waals surface area contributed by atoms with Gasteiger partial charge in [0.1, 0.15) is 18.4 Å². The largest absolute Gasteiger partial charge is 0.504 e. The van der Waals surface area contributed by atoms with Crippen molar-refractivity contribution >= 4 is 11.9 Å². The predicted octanol–water partition coefficient (Wildman–Crippen LogP) is 2.66. The Kier molecular flexibility index (Phi) is 11.8. The Bertz CT molecular complexity index is 819. The van der Waals surface area contributed by atoms with Gasteiger partial charge in [-0.3, -0.25) is 14.9 Å². The molecule has 4 atom stereocenters. The lowest BCUT2D eigenvalue weighted by atomic mass is 9.68. The summed E-state index contributed by atoms with van der Waals surface area (Å²) in [5.74, 6) is -0.371. The van der Waals surface area contributed by atoms with E-state index in [1.165, 1.54) is 14.0 Å². The molecular weight excluding hydrogens is 452 g/mol. The van der Waals surface area contributed by atoms with E-state index in [1.807, 2.05) is 6.07 Å². The smallest absolute Gasteiger partial charge is 0.320 e. The van der Waals surface area contributed by atoms with E-state index in [-0.39, 0.29) is 18.3 Å². The first-order valence-corrected chi connectivity index (χ1v) is 12.5. The molecule has 0 radical (unpaired) electrons. The van der Waals surface area contributed by atoms with Gasteiger partial charge in [0, 0.05) is 18.8 Å². The Hall–Kier alpha value is -2.36. The molecule has 0 saturated carbocycles. The number of methoxy groups -OCH3 is 1. The highest BCUT2D eigenvalue weighted by Gasteiger charge is 2.46. The molecule has 1 aliphatic rings. The van der Waals surface area contributed by atoms with Crippen molar-refractivity contribution < 1.29 is 34.0 Å². The summed E-state index contributed by atoms with van der Waals surface area (Å²) in [4.78, 5) is 24.5. The van der Waals surface area contributed by atoms with E-state index >= 15 is 0 Å². The zero-order valence-corrected chi connectivity index (χ0v) is 21.5. The fraction of sp³-hybridized carbons (Fsp3) is 0.692. The molecule has 0 aliphatic carbocycles. The second kappa shape index (κ2) is 14.3. The number of ether oxygens (including phenoxy) is 3. The van der Waals surface area contributed by atoms with Crippen LogP contribution >= 0.6 is 0 Å². The number of esters is 2. The van der Waals surface area contributed by atoms with Crippen LogP contribution in [0.2, 0.25) is 0 Å². The van der Waals surface area contributed by atoms with Crippen LogP contribution in [0.3, 0.4) is 0 Å². The number of phenols is 1. The lowest BCUT2D eigenvalue weighted by molar-refractivity contribution is -0.166. The molecule has 0 aromatic heterocycles. The van der Waals surface area contributed by atoms with Gasteiger partial charge in [-0.15, -0.1) is 0 Å². The number of nitrogens with one attached hydrogen (secondary N) is 2. The maximum atomic E-state index is 12.7. The minimum atomic E-state index is -0.763. The second-order valence-corrected chi connectivity index (χ2v) is 9.44. The topological polar surface area (TPSA) is 126 Å². The number of carbonyl (C=O) groups excluding carboxylic acids is 2. The first kappa shape index (κ1) is 28.9. The van der Waals surface area contributed by atoms with Gasteiger partial charge in [0.25, 0.3) is 0 Å². The van der Waals surface area contributed by atoms with Crippen LogP contribution in [0.25, 0.3) is 0 Å². The molecule has 2 rings (SSSR count). The van der Waals surface area contributed by atoms with Crippen LogP contribution in [-0.2, 0) is 25.5 Å². The van der Waals surface area contributed by atoms with Crippen LogP contribution in [0, 0.1) is 5.41 Å². The standard InChI is InChI=1S/C26H42N2O7/c1-5-6-7-8-20(34-18(2)29)14-23(35-25(32)17-27-3)26(11-12-28-24(31)16-26)15-19-9-10-21(30)22(13-19)33-4/h9-10,13,20,23-24,27-28,30-31H,5-8,11-12,14-17H2,1-4H3/t20-,23-,24-,26-/m1/s1. The minimum Gasteiger partial charge on any atom is -0.504 e. The molecular formula is C26H42N2O7. The van der Waals surface area contributed by atoms with E-state index in [1.54, 1.807) is 19.2 Å². The Morgan fingerprint density at radius 1 is 1.29 bits per heavy atom. The molecule has 1 aromatic rings. The van der Waals surface area contributed by atoms with Crippen molar-refractivity contribution in [1.82, 2.24) is 10.6 Å². The third-order valence-electron chi connectivity index (χ3n) is 6.62. The van der Waals surface area contributed by atoms with Crippen molar-refractivity contribution in [3.63, 3.8) is 0 Å². The van der Waals surface area contributed by atoms with Gasteiger partial charge in [0.05, 0.1) is 13.7 Å². The van der Waals surface area contributed by atoms with Crippen LogP contribution in [0.15, 0.2) is 18.2 Å². The zero-order chi connectivity index (χ0) is 25.8. The molecule has 0 spiro atoms. The maximum absolute atomic E-state index is 12.7. The third kappa shape index (κ3) is 8.98. The summed E-state index contributed by atoms with van der Waals surface area (Å²) in [7, 11) is 3.17. The fourth-order valence-corrected chi connectivity index (χ4v) is 4.94. The molecule has 1 aliphatic heterocycles. The van der Waals surface area contributed by atoms with E-state index in [4.69, 9.17) is 14.2 Å². The second-order valence-electron chi connectivity index (χ2n) is 9.44. The van der Waals surface area contributed by atoms with Crippen molar-refractivity contribution in [2.24, 2.45) is 5.41 Å². The van der Waals surface area contributed by atoms with Crippen molar-refractivity contribution in [3.05, 3.63) is 23.8 Å². The first-order chi connectivity index (χ1) is 16.7. The summed E-state index contributed by atoms with van der Waals surface area (Å²) in [6.07, 6.45) is 3.72. The van der Waals surface area contributed by atoms with Gasteiger partial charge in [0.15, 0.2) is 11.5 Å². The Balaban J connectivity index is 2.43. The number of hydrogen-bond acceptors (Lipinski definition) is 9. The lowest BCUT2D eigenvalue weighted by Crippen LogP contribution is -2.53. The summed E-state index contributed by atoms with van der Waals surface area (Å²) in [5.41, 5.74) is 0.276. The van der Waals surface area contributed by atoms with Crippen LogP contribution in [0.5, 0.6) is 11.5 Å². The van der Waals surface area contributed by atoms with Gasteiger partial charge in [-0.25, -0.2) is 0 Å². The van der Waals surface area contributed by atoms with Crippen molar-refractivity contribution in [3.8, 4) is 11.5 Å². The molecule has 9 nitrogen and oxygen atoms in total. The van der Waals surface area contributed by atoms with Crippen molar-refractivity contribution in [1.29, 1.82) is 0 Å². The summed E-state index contributed by atoms with van der Waals surface area (Å²) >= 11 is 0. The summed E-state index contributed by atoms with van der Waals surface area (Å²) in [6, 6.07) is 5.15. The number of phenolic OH excluding ortho intramolecular Hbond substituents is 1. The Labute approximate surface area is 208 Å². The number of benzene rings is 1. The number of likely N-dealkylation sites (N-methyl/N-ethyl adjacent to an activating group) is 1. The number of hydrogen-bond donors (Lipinski definition) is 4. The minimum absolute atomic E-state index is 0.0403. The SMILES string of the molecule is CCCCC[C@H](C[C@@H](OC(=O)CNC)[C@@]1(Cc2ccc(O)c(OC)c2)CCN[C@H](O)C1)OC(C)=O. The molecule has 0 bridgehead atoms. The van der Waals surface area contributed by atoms with Gasteiger partial charge >= 0.3 is 11.9 Å². The number of aliphatic hydroxyl groups is 1. The molecule has 35 heavy (non-hydrogen) atoms. The number of rotatable bonds is 14. The van der Waals surface area contributed by atoms with Crippen LogP contribution in [0.1, 0.15) is 64.4 Å². The Morgan fingerprint density at radius 2 is 2.06 bits per heavy atom. The van der Waals surface area contributed by atoms with Crippen LogP contribution < -0.4 is 15.4 Å². The number of carbonyl (C=O) groups is 2. The number of aliphatic hydroxyl groups excluding tert-OH is 1. The molecule has 4 N–H and O–H groups in total. The molecule has 1 saturated heterocycles. The average molecular weight is 495 g/mol. The maximum Gasteiger partial charge on any atom is 0.320 e. The van der Waals surface area contributed by atoms with Crippen molar-refractivity contribution in [2.45, 2.75) is 83.6 Å². The quantitative estimate of drug-likeness (QED) is 0.228. The summed E-state index contributed by atoms with van der Waals surface area (Å²) in [6.45, 7) is 4.10. The molecule has 1 aromatic carbocycles. The van der Waals surface area contributed by atoms with Gasteiger partial charge in [-0.2, -0.15) is 0 Å². The molecule has 9 heteroatoms. The monoisotopic (exact) mass is 494 g/mol. The first-order valence-electron chi connectivity index (χ1n) is 12.5. The van der Waals surface area contributed by atoms with Crippen molar-refractivity contribution in [2.75, 3.05) is 27.2 Å². The number of aromatic hydroxyl groups is 1. The molecule has 0 unspecified atom stereocenters. The molecule has 198 valence electrons. The molecule has 1 heterocycles. The van der Waals surface area contributed by atoms with Gasteiger partial charge in [0.2, 0.25) is 0 Å². The van der Waals surface area contributed by atoms with E-state index in [2.05, 4.69) is 17.6 Å². The Morgan fingerprint density at radius 3 is 2.69 bits per heavy atom. The average Bonchev–Trinajstić information content (AvgIpc) is 2.79. The normalized spacial score (nSPS) is 21.7. The highest BCUT2D eigenvalue weighted by molar-refractivity contribution is 5.72. The molecule has 0 amide bonds. The highest BCUT2D eigenvalue weighted by atomic mass is 16.6. The third-order valence-corrected chi connectivity index (χ3v) is 6.62. The highest BCUT2D eigenvalue weighted by Crippen LogP contribution is 2.43. The summed E-state index contributed by atoms with van der Waals surface area (Å²) in [5, 5.41) is 26.5. The van der Waals surface area contributed by atoms with E-state index < -0.39 is 29.8 Å². The van der Waals surface area contributed by atoms with Gasteiger partial charge in [-0.05, 0) is 63.4 Å². The predicted molar refractivity (Wildman–Crippen MR) is 132 cm³/mol. The summed E-state index contributed by atoms with van der Waals surface area (Å²) < 4.78 is 17.0. The fourth-order valence-electron chi connectivity index (χ4n) is 4.94. The molecule has 1 fully saturated rings. The van der Waals surface area contributed by atoms with Crippen LogP contribution in [0.4, 0.5) is 0 Å². The van der Waals surface area contributed by atoms with Crippen LogP contribution in [-0.4, -0.2) is 67.8 Å². The van der Waals surface area contributed by atoms with E-state index in [0.29, 0.717) is 44.4 Å². The number of piperidine rings is 1. The lowest BCUT2D eigenvalue weighted by Gasteiger charge is -2.45.